The molecule has 0 aliphatic rings. The predicted molar refractivity (Wildman–Crippen MR) is 128 cm³/mol. The summed E-state index contributed by atoms with van der Waals surface area (Å²) in [6.07, 6.45) is 3.03. The first-order valence-corrected chi connectivity index (χ1v) is 11.5. The molecule has 168 valence electrons. The summed E-state index contributed by atoms with van der Waals surface area (Å²) in [6, 6.07) is 16.1. The normalized spacial score (nSPS) is 11.9. The minimum absolute atomic E-state index is 0.00616. The maximum absolute atomic E-state index is 13.2. The Kier molecular flexibility index (Phi) is 9.77. The summed E-state index contributed by atoms with van der Waals surface area (Å²) in [6.45, 7) is 11.4. The maximum atomic E-state index is 13.2. The molecule has 0 aliphatic heterocycles. The molecule has 1 atom stereocenters. The number of nitrogens with one attached hydrogen (secondary N) is 1. The molecule has 0 aromatic heterocycles. The molecule has 4 heteroatoms. The number of amides is 2. The van der Waals surface area contributed by atoms with Gasteiger partial charge in [-0.2, -0.15) is 0 Å². The van der Waals surface area contributed by atoms with Gasteiger partial charge >= 0.3 is 0 Å². The third-order valence-electron chi connectivity index (χ3n) is 5.74. The lowest BCUT2D eigenvalue weighted by atomic mass is 10.00. The summed E-state index contributed by atoms with van der Waals surface area (Å²) in [5.41, 5.74) is 4.66. The van der Waals surface area contributed by atoms with Gasteiger partial charge in [-0.1, -0.05) is 81.3 Å². The summed E-state index contributed by atoms with van der Waals surface area (Å²) in [5, 5.41) is 2.97. The molecule has 0 unspecified atom stereocenters. The first-order valence-electron chi connectivity index (χ1n) is 11.5. The zero-order chi connectivity index (χ0) is 22.8. The maximum Gasteiger partial charge on any atom is 0.242 e. The Morgan fingerprint density at radius 1 is 0.935 bits per heavy atom. The zero-order valence-corrected chi connectivity index (χ0v) is 19.8. The molecular weight excluding hydrogens is 384 g/mol. The quantitative estimate of drug-likeness (QED) is 0.494. The number of nitrogens with zero attached hydrogens (tertiary/aromatic N) is 1. The van der Waals surface area contributed by atoms with Crippen molar-refractivity contribution >= 4 is 11.8 Å². The molecule has 2 rings (SSSR count). The van der Waals surface area contributed by atoms with Gasteiger partial charge in [-0.05, 0) is 49.3 Å². The molecule has 0 fully saturated rings. The van der Waals surface area contributed by atoms with E-state index in [0.717, 1.165) is 24.0 Å². The van der Waals surface area contributed by atoms with Crippen molar-refractivity contribution < 1.29 is 9.59 Å². The van der Waals surface area contributed by atoms with Crippen LogP contribution in [-0.4, -0.2) is 29.3 Å². The number of aryl methyl sites for hydroxylation is 2. The van der Waals surface area contributed by atoms with Crippen molar-refractivity contribution in [2.75, 3.05) is 6.54 Å². The number of benzene rings is 2. The number of hydrogen-bond donors (Lipinski definition) is 1. The zero-order valence-electron chi connectivity index (χ0n) is 19.8. The van der Waals surface area contributed by atoms with Crippen LogP contribution < -0.4 is 5.32 Å². The fourth-order valence-electron chi connectivity index (χ4n) is 3.47. The average molecular weight is 423 g/mol. The van der Waals surface area contributed by atoms with Crippen molar-refractivity contribution in [1.29, 1.82) is 0 Å². The highest BCUT2D eigenvalue weighted by atomic mass is 16.2. The van der Waals surface area contributed by atoms with Crippen molar-refractivity contribution in [3.63, 3.8) is 0 Å². The van der Waals surface area contributed by atoms with Crippen LogP contribution in [-0.2, 0) is 22.6 Å². The Morgan fingerprint density at radius 3 is 2.13 bits per heavy atom. The van der Waals surface area contributed by atoms with Crippen LogP contribution in [0.15, 0.2) is 48.5 Å². The van der Waals surface area contributed by atoms with E-state index in [1.54, 1.807) is 4.90 Å². The van der Waals surface area contributed by atoms with E-state index < -0.39 is 6.04 Å². The summed E-state index contributed by atoms with van der Waals surface area (Å²) in [4.78, 5) is 27.6. The van der Waals surface area contributed by atoms with Crippen LogP contribution >= 0.6 is 0 Å². The van der Waals surface area contributed by atoms with Gasteiger partial charge in [0.25, 0.3) is 0 Å². The van der Waals surface area contributed by atoms with E-state index in [2.05, 4.69) is 50.4 Å². The third-order valence-corrected chi connectivity index (χ3v) is 5.74. The van der Waals surface area contributed by atoms with Gasteiger partial charge in [0.15, 0.2) is 0 Å². The molecule has 0 bridgehead atoms. The van der Waals surface area contributed by atoms with Crippen LogP contribution in [0, 0.1) is 6.92 Å². The molecule has 4 nitrogen and oxygen atoms in total. The van der Waals surface area contributed by atoms with E-state index in [1.807, 2.05) is 38.1 Å². The van der Waals surface area contributed by atoms with E-state index in [9.17, 15) is 9.59 Å². The lowest BCUT2D eigenvalue weighted by molar-refractivity contribution is -0.140. The van der Waals surface area contributed by atoms with Gasteiger partial charge in [0.05, 0.1) is 0 Å². The number of carbonyl (C=O) groups excluding carboxylic acids is 2. The molecule has 0 saturated heterocycles. The highest BCUT2D eigenvalue weighted by Gasteiger charge is 2.25. The van der Waals surface area contributed by atoms with Crippen LogP contribution in [0.2, 0.25) is 0 Å². The molecule has 0 spiro atoms. The number of hydrogen-bond acceptors (Lipinski definition) is 2. The highest BCUT2D eigenvalue weighted by Crippen LogP contribution is 2.17. The largest absolute Gasteiger partial charge is 0.354 e. The first-order chi connectivity index (χ1) is 14.8. The fraction of sp³-hybridized carbons (Fsp3) is 0.481. The van der Waals surface area contributed by atoms with Crippen LogP contribution in [0.5, 0.6) is 0 Å². The lowest BCUT2D eigenvalue weighted by Gasteiger charge is -2.29. The molecule has 0 aliphatic carbocycles. The van der Waals surface area contributed by atoms with Crippen LogP contribution in [0.4, 0.5) is 0 Å². The second-order valence-corrected chi connectivity index (χ2v) is 8.72. The van der Waals surface area contributed by atoms with Gasteiger partial charge in [-0.25, -0.2) is 0 Å². The van der Waals surface area contributed by atoms with Crippen LogP contribution in [0.25, 0.3) is 0 Å². The second-order valence-electron chi connectivity index (χ2n) is 8.72. The topological polar surface area (TPSA) is 49.4 Å². The molecule has 0 heterocycles. The van der Waals surface area contributed by atoms with Gasteiger partial charge in [-0.3, -0.25) is 9.59 Å². The summed E-state index contributed by atoms with van der Waals surface area (Å²) >= 11 is 0. The molecule has 2 amide bonds. The van der Waals surface area contributed by atoms with Gasteiger partial charge in [-0.15, -0.1) is 0 Å². The van der Waals surface area contributed by atoms with E-state index >= 15 is 0 Å². The Labute approximate surface area is 188 Å². The molecule has 1 N–H and O–H groups in total. The summed E-state index contributed by atoms with van der Waals surface area (Å²) in [5.74, 6) is 0.412. The van der Waals surface area contributed by atoms with Crippen molar-refractivity contribution in [1.82, 2.24) is 10.2 Å². The van der Waals surface area contributed by atoms with Crippen molar-refractivity contribution in [3.05, 3.63) is 70.8 Å². The minimum atomic E-state index is -0.506. The lowest BCUT2D eigenvalue weighted by Crippen LogP contribution is -2.47. The second kappa shape index (κ2) is 12.3. The SMILES string of the molecule is CCCCNC(=O)[C@H](C)N(Cc1ccc(C)cc1)C(=O)CCc1ccc(C(C)C)cc1. The fourth-order valence-corrected chi connectivity index (χ4v) is 3.47. The van der Waals surface area contributed by atoms with E-state index in [4.69, 9.17) is 0 Å². The van der Waals surface area contributed by atoms with Crippen LogP contribution in [0.1, 0.15) is 75.1 Å². The van der Waals surface area contributed by atoms with Crippen molar-refractivity contribution in [2.24, 2.45) is 0 Å². The van der Waals surface area contributed by atoms with Crippen molar-refractivity contribution in [2.45, 2.75) is 78.8 Å². The third kappa shape index (κ3) is 7.86. The van der Waals surface area contributed by atoms with E-state index in [1.165, 1.54) is 11.1 Å². The number of unbranched alkanes of at least 4 members (excludes halogenated alkanes) is 1. The predicted octanol–water partition coefficient (Wildman–Crippen LogP) is 5.38. The average Bonchev–Trinajstić information content (AvgIpc) is 2.77. The minimum Gasteiger partial charge on any atom is -0.354 e. The summed E-state index contributed by atoms with van der Waals surface area (Å²) < 4.78 is 0. The Bertz CT molecular complexity index is 825. The highest BCUT2D eigenvalue weighted by molar-refractivity contribution is 5.87. The van der Waals surface area contributed by atoms with Gasteiger partial charge in [0.1, 0.15) is 6.04 Å². The first kappa shape index (κ1) is 24.6. The Balaban J connectivity index is 2.08. The summed E-state index contributed by atoms with van der Waals surface area (Å²) in [7, 11) is 0. The number of rotatable bonds is 11. The van der Waals surface area contributed by atoms with Gasteiger partial charge in [0, 0.05) is 19.5 Å². The molecule has 31 heavy (non-hydrogen) atoms. The van der Waals surface area contributed by atoms with E-state index in [0.29, 0.717) is 31.8 Å². The van der Waals surface area contributed by atoms with E-state index in [-0.39, 0.29) is 11.8 Å². The monoisotopic (exact) mass is 422 g/mol. The number of carbonyl (C=O) groups is 2. The van der Waals surface area contributed by atoms with Crippen LogP contribution in [0.3, 0.4) is 0 Å². The Hall–Kier alpha value is -2.62. The van der Waals surface area contributed by atoms with Crippen molar-refractivity contribution in [3.8, 4) is 0 Å². The molecule has 0 saturated carbocycles. The standard InChI is InChI=1S/C27H38N2O2/c1-6-7-18-28-27(31)22(5)29(19-24-10-8-21(4)9-11-24)26(30)17-14-23-12-15-25(16-13-23)20(2)3/h8-13,15-16,20,22H,6-7,14,17-19H2,1-5H3,(H,28,31)/t22-/m0/s1. The Morgan fingerprint density at radius 2 is 1.55 bits per heavy atom. The molecule has 2 aromatic carbocycles. The molecular formula is C27H38N2O2. The van der Waals surface area contributed by atoms with Gasteiger partial charge < -0.3 is 10.2 Å². The molecule has 2 aromatic rings. The molecule has 0 radical (unpaired) electrons. The van der Waals surface area contributed by atoms with Gasteiger partial charge in [0.2, 0.25) is 11.8 Å². The smallest absolute Gasteiger partial charge is 0.242 e.